The molecule has 2 fully saturated rings. The second-order valence-corrected chi connectivity index (χ2v) is 7.93. The van der Waals surface area contributed by atoms with Crippen LogP contribution in [0.3, 0.4) is 0 Å². The number of benzene rings is 1. The first-order valence-electron chi connectivity index (χ1n) is 9.99. The van der Waals surface area contributed by atoms with Crippen LogP contribution >= 0.6 is 0 Å². The first-order valence-corrected chi connectivity index (χ1v) is 9.99. The number of halogens is 1. The summed E-state index contributed by atoms with van der Waals surface area (Å²) in [6, 6.07) is 10.1. The van der Waals surface area contributed by atoms with Gasteiger partial charge in [-0.1, -0.05) is 12.1 Å². The highest BCUT2D eigenvalue weighted by molar-refractivity contribution is 5.95. The first-order chi connectivity index (χ1) is 14.4. The summed E-state index contributed by atoms with van der Waals surface area (Å²) in [4.78, 5) is 32.9. The minimum Gasteiger partial charge on any atom is -0.380 e. The molecule has 5 rings (SSSR count). The molecule has 0 unspecified atom stereocenters. The Morgan fingerprint density at radius 1 is 0.933 bits per heavy atom. The molecule has 0 bridgehead atoms. The average Bonchev–Trinajstić information content (AvgIpc) is 3.38. The number of carbonyl (C=O) groups excluding carboxylic acids is 2. The van der Waals surface area contributed by atoms with E-state index in [1.165, 1.54) is 12.3 Å². The van der Waals surface area contributed by atoms with Crippen molar-refractivity contribution in [2.45, 2.75) is 18.4 Å². The molecule has 2 aromatic heterocycles. The largest absolute Gasteiger partial charge is 0.380 e. The summed E-state index contributed by atoms with van der Waals surface area (Å²) in [7, 11) is 0. The summed E-state index contributed by atoms with van der Waals surface area (Å²) >= 11 is 0. The van der Waals surface area contributed by atoms with Crippen molar-refractivity contribution < 1.29 is 19.1 Å². The SMILES string of the molecule is O=C(c1ccc(-c2cn3cc(F)ccc3n2)cc1)N1CCN(C(=O)C2(O)CC2)CC1. The highest BCUT2D eigenvalue weighted by Gasteiger charge is 2.50. The van der Waals surface area contributed by atoms with Crippen LogP contribution in [0.2, 0.25) is 0 Å². The minimum absolute atomic E-state index is 0.0872. The van der Waals surface area contributed by atoms with Gasteiger partial charge in [0.05, 0.1) is 5.69 Å². The number of fused-ring (bicyclic) bond motifs is 1. The molecule has 2 amide bonds. The van der Waals surface area contributed by atoms with Crippen LogP contribution in [0.4, 0.5) is 4.39 Å². The van der Waals surface area contributed by atoms with Gasteiger partial charge in [0, 0.05) is 49.7 Å². The maximum Gasteiger partial charge on any atom is 0.254 e. The van der Waals surface area contributed by atoms with Crippen LogP contribution in [0, 0.1) is 5.82 Å². The van der Waals surface area contributed by atoms with Gasteiger partial charge in [0.2, 0.25) is 0 Å². The number of aromatic nitrogens is 2. The number of aliphatic hydroxyl groups is 1. The summed E-state index contributed by atoms with van der Waals surface area (Å²) in [6.07, 6.45) is 4.17. The van der Waals surface area contributed by atoms with E-state index in [0.29, 0.717) is 55.9 Å². The lowest BCUT2D eigenvalue weighted by atomic mass is 10.1. The second kappa shape index (κ2) is 6.91. The van der Waals surface area contributed by atoms with Gasteiger partial charge in [0.15, 0.2) is 0 Å². The second-order valence-electron chi connectivity index (χ2n) is 7.93. The normalized spacial score (nSPS) is 17.9. The summed E-state index contributed by atoms with van der Waals surface area (Å²) < 4.78 is 15.0. The highest BCUT2D eigenvalue weighted by Crippen LogP contribution is 2.37. The van der Waals surface area contributed by atoms with Crippen LogP contribution in [0.25, 0.3) is 16.9 Å². The number of carbonyl (C=O) groups is 2. The van der Waals surface area contributed by atoms with Crippen molar-refractivity contribution in [2.75, 3.05) is 26.2 Å². The summed E-state index contributed by atoms with van der Waals surface area (Å²) in [5.41, 5.74) is 1.59. The lowest BCUT2D eigenvalue weighted by Gasteiger charge is -2.35. The summed E-state index contributed by atoms with van der Waals surface area (Å²) in [6.45, 7) is 1.76. The van der Waals surface area contributed by atoms with E-state index >= 15 is 0 Å². The van der Waals surface area contributed by atoms with Crippen molar-refractivity contribution in [1.82, 2.24) is 19.2 Å². The van der Waals surface area contributed by atoms with Gasteiger partial charge in [-0.25, -0.2) is 9.37 Å². The third kappa shape index (κ3) is 3.33. The van der Waals surface area contributed by atoms with Crippen molar-refractivity contribution in [2.24, 2.45) is 0 Å². The third-order valence-electron chi connectivity index (χ3n) is 5.82. The van der Waals surface area contributed by atoms with E-state index in [1.807, 2.05) is 12.1 Å². The molecule has 0 radical (unpaired) electrons. The van der Waals surface area contributed by atoms with Gasteiger partial charge >= 0.3 is 0 Å². The predicted molar refractivity (Wildman–Crippen MR) is 107 cm³/mol. The zero-order chi connectivity index (χ0) is 20.9. The number of amides is 2. The summed E-state index contributed by atoms with van der Waals surface area (Å²) in [5, 5.41) is 9.99. The maximum atomic E-state index is 13.4. The quantitative estimate of drug-likeness (QED) is 0.719. The van der Waals surface area contributed by atoms with Crippen LogP contribution in [-0.2, 0) is 4.79 Å². The fourth-order valence-corrected chi connectivity index (χ4v) is 3.81. The zero-order valence-electron chi connectivity index (χ0n) is 16.3. The van der Waals surface area contributed by atoms with E-state index in [1.54, 1.807) is 38.6 Å². The van der Waals surface area contributed by atoms with E-state index in [9.17, 15) is 19.1 Å². The Balaban J connectivity index is 1.26. The molecule has 0 spiro atoms. The van der Waals surface area contributed by atoms with Crippen LogP contribution in [0.15, 0.2) is 48.8 Å². The number of pyridine rings is 1. The number of piperazine rings is 1. The molecule has 30 heavy (non-hydrogen) atoms. The Morgan fingerprint density at radius 3 is 2.27 bits per heavy atom. The highest BCUT2D eigenvalue weighted by atomic mass is 19.1. The summed E-state index contributed by atoms with van der Waals surface area (Å²) in [5.74, 6) is -0.636. The molecular formula is C22H21FN4O3. The molecule has 1 aliphatic heterocycles. The molecule has 1 N–H and O–H groups in total. The lowest BCUT2D eigenvalue weighted by Crippen LogP contribution is -2.53. The Hall–Kier alpha value is -3.26. The first kappa shape index (κ1) is 18.7. The molecule has 3 aromatic rings. The number of hydrogen-bond donors (Lipinski definition) is 1. The molecule has 1 saturated carbocycles. The number of rotatable bonds is 3. The zero-order valence-corrected chi connectivity index (χ0v) is 16.3. The molecule has 1 aliphatic carbocycles. The van der Waals surface area contributed by atoms with Crippen LogP contribution in [-0.4, -0.2) is 67.9 Å². The van der Waals surface area contributed by atoms with Crippen molar-refractivity contribution in [3.63, 3.8) is 0 Å². The molecule has 0 atom stereocenters. The van der Waals surface area contributed by atoms with Crippen LogP contribution in [0.5, 0.6) is 0 Å². The lowest BCUT2D eigenvalue weighted by molar-refractivity contribution is -0.143. The van der Waals surface area contributed by atoms with Gasteiger partial charge in [-0.15, -0.1) is 0 Å². The Morgan fingerprint density at radius 2 is 1.60 bits per heavy atom. The van der Waals surface area contributed by atoms with Crippen molar-refractivity contribution in [1.29, 1.82) is 0 Å². The van der Waals surface area contributed by atoms with Gasteiger partial charge in [0.25, 0.3) is 11.8 Å². The van der Waals surface area contributed by atoms with E-state index in [2.05, 4.69) is 4.98 Å². The van der Waals surface area contributed by atoms with Crippen LogP contribution in [0.1, 0.15) is 23.2 Å². The number of imidazole rings is 1. The van der Waals surface area contributed by atoms with Crippen molar-refractivity contribution >= 4 is 17.5 Å². The van der Waals surface area contributed by atoms with E-state index in [0.717, 1.165) is 5.56 Å². The molecule has 7 nitrogen and oxygen atoms in total. The average molecular weight is 408 g/mol. The fourth-order valence-electron chi connectivity index (χ4n) is 3.81. The van der Waals surface area contributed by atoms with Crippen molar-refractivity contribution in [3.8, 4) is 11.3 Å². The standard InChI is InChI=1S/C22H21FN4O3/c23-17-5-6-19-24-18(14-27(19)13-17)15-1-3-16(4-2-15)20(28)25-9-11-26(12-10-25)21(29)22(30)7-8-22/h1-6,13-14,30H,7-12H2. The van der Waals surface area contributed by atoms with E-state index in [4.69, 9.17) is 0 Å². The molecule has 154 valence electrons. The maximum absolute atomic E-state index is 13.4. The predicted octanol–water partition coefficient (Wildman–Crippen LogP) is 1.95. The third-order valence-corrected chi connectivity index (χ3v) is 5.82. The van der Waals surface area contributed by atoms with Gasteiger partial charge in [-0.2, -0.15) is 0 Å². The monoisotopic (exact) mass is 408 g/mol. The smallest absolute Gasteiger partial charge is 0.254 e. The Kier molecular flexibility index (Phi) is 4.32. The molecule has 3 heterocycles. The topological polar surface area (TPSA) is 78.2 Å². The van der Waals surface area contributed by atoms with E-state index in [-0.39, 0.29) is 17.6 Å². The van der Waals surface area contributed by atoms with E-state index < -0.39 is 5.60 Å². The Bertz CT molecular complexity index is 1130. The molecule has 8 heteroatoms. The number of hydrogen-bond acceptors (Lipinski definition) is 4. The van der Waals surface area contributed by atoms with Crippen molar-refractivity contribution in [3.05, 3.63) is 60.2 Å². The minimum atomic E-state index is -1.16. The number of nitrogens with zero attached hydrogens (tertiary/aromatic N) is 4. The molecule has 1 aromatic carbocycles. The van der Waals surface area contributed by atoms with Crippen LogP contribution < -0.4 is 0 Å². The van der Waals surface area contributed by atoms with Gasteiger partial charge in [-0.3, -0.25) is 9.59 Å². The fraction of sp³-hybridized carbons (Fsp3) is 0.318. The van der Waals surface area contributed by atoms with Gasteiger partial charge in [0.1, 0.15) is 17.1 Å². The van der Waals surface area contributed by atoms with Gasteiger partial charge in [-0.05, 0) is 37.1 Å². The van der Waals surface area contributed by atoms with Gasteiger partial charge < -0.3 is 19.3 Å². The molecule has 1 saturated heterocycles. The Labute approximate surface area is 172 Å². The molecule has 2 aliphatic rings. The molecular weight excluding hydrogens is 387 g/mol.